The predicted molar refractivity (Wildman–Crippen MR) is 97.3 cm³/mol. The summed E-state index contributed by atoms with van der Waals surface area (Å²) in [4.78, 5) is 3.42. The maximum absolute atomic E-state index is 5.34. The van der Waals surface area contributed by atoms with Gasteiger partial charge in [0.05, 0.1) is 7.11 Å². The van der Waals surface area contributed by atoms with Crippen LogP contribution in [0.4, 0.5) is 0 Å². The summed E-state index contributed by atoms with van der Waals surface area (Å²) in [6, 6.07) is 15.2. The Morgan fingerprint density at radius 1 is 1.04 bits per heavy atom. The number of benzene rings is 2. The fourth-order valence-electron chi connectivity index (χ4n) is 3.36. The van der Waals surface area contributed by atoms with Gasteiger partial charge in [-0.2, -0.15) is 0 Å². The fourth-order valence-corrected chi connectivity index (χ4v) is 3.36. The third-order valence-corrected chi connectivity index (χ3v) is 5.25. The summed E-state index contributed by atoms with van der Waals surface area (Å²) in [5.41, 5.74) is 5.08. The minimum absolute atomic E-state index is 0.0411. The molecule has 3 aromatic rings. The average molecular weight is 307 g/mol. The first-order valence-corrected chi connectivity index (χ1v) is 8.19. The standard InChI is InChI=1S/C21H25NO/c1-14(2)21(4,16-8-6-15(3)7-9-16)19-13-22-20-12-17(23-5)10-11-18(19)20/h6-14,22H,1-5H3. The molecule has 0 radical (unpaired) electrons. The topological polar surface area (TPSA) is 25.0 Å². The molecule has 120 valence electrons. The number of hydrogen-bond acceptors (Lipinski definition) is 1. The van der Waals surface area contributed by atoms with Crippen LogP contribution in [0.1, 0.15) is 37.5 Å². The van der Waals surface area contributed by atoms with Gasteiger partial charge in [-0.25, -0.2) is 0 Å². The fraction of sp³-hybridized carbons (Fsp3) is 0.333. The van der Waals surface area contributed by atoms with Gasteiger partial charge in [-0.1, -0.05) is 50.6 Å². The van der Waals surface area contributed by atoms with Crippen LogP contribution in [-0.2, 0) is 5.41 Å². The van der Waals surface area contributed by atoms with E-state index in [1.165, 1.54) is 22.1 Å². The highest BCUT2D eigenvalue weighted by molar-refractivity contribution is 5.86. The van der Waals surface area contributed by atoms with Crippen LogP contribution >= 0.6 is 0 Å². The molecule has 0 fully saturated rings. The second-order valence-electron chi connectivity index (χ2n) is 6.84. The van der Waals surface area contributed by atoms with Crippen molar-refractivity contribution in [3.63, 3.8) is 0 Å². The maximum Gasteiger partial charge on any atom is 0.120 e. The zero-order chi connectivity index (χ0) is 16.6. The van der Waals surface area contributed by atoms with Crippen LogP contribution in [0, 0.1) is 12.8 Å². The summed E-state index contributed by atoms with van der Waals surface area (Å²) < 4.78 is 5.34. The highest BCUT2D eigenvalue weighted by atomic mass is 16.5. The minimum Gasteiger partial charge on any atom is -0.497 e. The zero-order valence-electron chi connectivity index (χ0n) is 14.6. The number of fused-ring (bicyclic) bond motifs is 1. The van der Waals surface area contributed by atoms with E-state index < -0.39 is 0 Å². The first-order chi connectivity index (χ1) is 11.0. The molecule has 2 heteroatoms. The van der Waals surface area contributed by atoms with Crippen LogP contribution in [0.5, 0.6) is 5.75 Å². The molecule has 0 saturated carbocycles. The van der Waals surface area contributed by atoms with Crippen LogP contribution in [0.3, 0.4) is 0 Å². The molecule has 0 saturated heterocycles. The van der Waals surface area contributed by atoms with E-state index in [1.807, 2.05) is 6.07 Å². The molecule has 1 heterocycles. The van der Waals surface area contributed by atoms with Crippen molar-refractivity contribution < 1.29 is 4.74 Å². The van der Waals surface area contributed by atoms with Gasteiger partial charge in [0.1, 0.15) is 5.75 Å². The molecular formula is C21H25NO. The molecule has 0 aliphatic heterocycles. The van der Waals surface area contributed by atoms with E-state index in [9.17, 15) is 0 Å². The smallest absolute Gasteiger partial charge is 0.120 e. The third kappa shape index (κ3) is 2.52. The number of H-pyrrole nitrogens is 1. The van der Waals surface area contributed by atoms with Crippen molar-refractivity contribution in [2.75, 3.05) is 7.11 Å². The van der Waals surface area contributed by atoms with Gasteiger partial charge in [0.15, 0.2) is 0 Å². The lowest BCUT2D eigenvalue weighted by atomic mass is 9.68. The number of ether oxygens (including phenoxy) is 1. The Bertz CT molecular complexity index is 813. The van der Waals surface area contributed by atoms with Gasteiger partial charge < -0.3 is 9.72 Å². The molecule has 0 aliphatic rings. The van der Waals surface area contributed by atoms with E-state index in [4.69, 9.17) is 4.74 Å². The zero-order valence-corrected chi connectivity index (χ0v) is 14.6. The molecule has 2 aromatic carbocycles. The van der Waals surface area contributed by atoms with E-state index in [0.717, 1.165) is 11.3 Å². The Morgan fingerprint density at radius 3 is 2.35 bits per heavy atom. The Kier molecular flexibility index (Phi) is 3.93. The average Bonchev–Trinajstić information content (AvgIpc) is 2.97. The number of aryl methyl sites for hydroxylation is 1. The molecule has 0 amide bonds. The van der Waals surface area contributed by atoms with Gasteiger partial charge in [0.25, 0.3) is 0 Å². The molecule has 0 spiro atoms. The number of methoxy groups -OCH3 is 1. The molecule has 3 rings (SSSR count). The lowest BCUT2D eigenvalue weighted by molar-refractivity contribution is 0.408. The van der Waals surface area contributed by atoms with Crippen LogP contribution in [0.2, 0.25) is 0 Å². The number of rotatable bonds is 4. The highest BCUT2D eigenvalue weighted by Gasteiger charge is 2.34. The predicted octanol–water partition coefficient (Wildman–Crippen LogP) is 5.45. The van der Waals surface area contributed by atoms with Crippen LogP contribution in [0.15, 0.2) is 48.7 Å². The van der Waals surface area contributed by atoms with E-state index in [1.54, 1.807) is 7.11 Å². The summed E-state index contributed by atoms with van der Waals surface area (Å²) in [5, 5.41) is 1.27. The van der Waals surface area contributed by atoms with Crippen LogP contribution in [-0.4, -0.2) is 12.1 Å². The van der Waals surface area contributed by atoms with Gasteiger partial charge >= 0.3 is 0 Å². The van der Waals surface area contributed by atoms with Crippen molar-refractivity contribution in [1.82, 2.24) is 4.98 Å². The summed E-state index contributed by atoms with van der Waals surface area (Å²) >= 11 is 0. The Labute approximate surface area is 138 Å². The number of hydrogen-bond donors (Lipinski definition) is 1. The van der Waals surface area contributed by atoms with Crippen LogP contribution < -0.4 is 4.74 Å². The molecule has 1 unspecified atom stereocenters. The first-order valence-electron chi connectivity index (χ1n) is 8.19. The van der Waals surface area contributed by atoms with E-state index in [0.29, 0.717) is 5.92 Å². The molecule has 23 heavy (non-hydrogen) atoms. The van der Waals surface area contributed by atoms with Crippen molar-refractivity contribution >= 4 is 10.9 Å². The largest absolute Gasteiger partial charge is 0.497 e. The van der Waals surface area contributed by atoms with Crippen molar-refractivity contribution in [3.8, 4) is 5.75 Å². The summed E-state index contributed by atoms with van der Waals surface area (Å²) in [6.45, 7) is 9.06. The molecule has 1 aromatic heterocycles. The van der Waals surface area contributed by atoms with Gasteiger partial charge in [-0.3, -0.25) is 0 Å². The van der Waals surface area contributed by atoms with Crippen molar-refractivity contribution in [2.45, 2.75) is 33.1 Å². The normalized spacial score (nSPS) is 14.2. The highest BCUT2D eigenvalue weighted by Crippen LogP contribution is 2.42. The van der Waals surface area contributed by atoms with Gasteiger partial charge in [-0.15, -0.1) is 0 Å². The van der Waals surface area contributed by atoms with E-state index in [2.05, 4.69) is 75.3 Å². The number of aromatic nitrogens is 1. The summed E-state index contributed by atoms with van der Waals surface area (Å²) in [5.74, 6) is 1.36. The molecule has 0 bridgehead atoms. The lowest BCUT2D eigenvalue weighted by Gasteiger charge is -2.35. The first kappa shape index (κ1) is 15.7. The monoisotopic (exact) mass is 307 g/mol. The van der Waals surface area contributed by atoms with Crippen molar-refractivity contribution in [1.29, 1.82) is 0 Å². The van der Waals surface area contributed by atoms with Crippen molar-refractivity contribution in [3.05, 3.63) is 65.4 Å². The third-order valence-electron chi connectivity index (χ3n) is 5.25. The molecule has 0 aliphatic carbocycles. The summed E-state index contributed by atoms with van der Waals surface area (Å²) in [6.07, 6.45) is 2.16. The number of aromatic amines is 1. The van der Waals surface area contributed by atoms with Gasteiger partial charge in [-0.05, 0) is 36.1 Å². The maximum atomic E-state index is 5.34. The minimum atomic E-state index is -0.0411. The Hall–Kier alpha value is -2.22. The lowest BCUT2D eigenvalue weighted by Crippen LogP contribution is -2.29. The Morgan fingerprint density at radius 2 is 1.74 bits per heavy atom. The second-order valence-corrected chi connectivity index (χ2v) is 6.84. The number of nitrogens with one attached hydrogen (secondary N) is 1. The van der Waals surface area contributed by atoms with Gasteiger partial charge in [0.2, 0.25) is 0 Å². The quantitative estimate of drug-likeness (QED) is 0.681. The summed E-state index contributed by atoms with van der Waals surface area (Å²) in [7, 11) is 1.70. The van der Waals surface area contributed by atoms with Crippen LogP contribution in [0.25, 0.3) is 10.9 Å². The SMILES string of the molecule is COc1ccc2c(C(C)(c3ccc(C)cc3)C(C)C)c[nH]c2c1. The molecule has 1 atom stereocenters. The van der Waals surface area contributed by atoms with Crippen molar-refractivity contribution in [2.24, 2.45) is 5.92 Å². The molecular weight excluding hydrogens is 282 g/mol. The Balaban J connectivity index is 2.20. The van der Waals surface area contributed by atoms with Gasteiger partial charge in [0, 0.05) is 28.6 Å². The van der Waals surface area contributed by atoms with E-state index in [-0.39, 0.29) is 5.41 Å². The molecule has 1 N–H and O–H groups in total. The second kappa shape index (κ2) is 5.77. The molecule has 2 nitrogen and oxygen atoms in total. The van der Waals surface area contributed by atoms with E-state index >= 15 is 0 Å².